The first kappa shape index (κ1) is 13.3. The van der Waals surface area contributed by atoms with Crippen molar-refractivity contribution in [3.8, 4) is 0 Å². The van der Waals surface area contributed by atoms with Gasteiger partial charge in [0.2, 0.25) is 10.0 Å². The molecule has 0 fully saturated rings. The molecule has 3 nitrogen and oxygen atoms in total. The Morgan fingerprint density at radius 1 is 1.17 bits per heavy atom. The van der Waals surface area contributed by atoms with Gasteiger partial charge < -0.3 is 0 Å². The molecule has 2 rings (SSSR count). The molecule has 1 heterocycles. The molecule has 96 valence electrons. The third-order valence-corrected chi connectivity index (χ3v) is 5.24. The minimum absolute atomic E-state index is 0.212. The van der Waals surface area contributed by atoms with Crippen molar-refractivity contribution < 1.29 is 8.42 Å². The summed E-state index contributed by atoms with van der Waals surface area (Å²) in [5.41, 5.74) is 1.04. The van der Waals surface area contributed by atoms with Gasteiger partial charge in [0.1, 0.15) is 0 Å². The zero-order chi connectivity index (χ0) is 13.2. The van der Waals surface area contributed by atoms with Crippen LogP contribution in [0.3, 0.4) is 0 Å². The monoisotopic (exact) mass is 281 g/mol. The summed E-state index contributed by atoms with van der Waals surface area (Å²) in [7, 11) is -3.45. The summed E-state index contributed by atoms with van der Waals surface area (Å²) < 4.78 is 27.0. The zero-order valence-corrected chi connectivity index (χ0v) is 11.9. The molecule has 5 heteroatoms. The molecule has 2 aromatic rings. The van der Waals surface area contributed by atoms with Crippen LogP contribution in [0.1, 0.15) is 23.4 Å². The van der Waals surface area contributed by atoms with Crippen LogP contribution in [0.15, 0.2) is 46.7 Å². The molecule has 1 aromatic carbocycles. The van der Waals surface area contributed by atoms with E-state index in [1.807, 2.05) is 31.4 Å². The van der Waals surface area contributed by atoms with Crippen LogP contribution in [-0.4, -0.2) is 8.42 Å². The van der Waals surface area contributed by atoms with Gasteiger partial charge in [0, 0.05) is 4.88 Å². The van der Waals surface area contributed by atoms with Crippen LogP contribution >= 0.6 is 11.3 Å². The number of hydrogen-bond donors (Lipinski definition) is 1. The predicted molar refractivity (Wildman–Crippen MR) is 74.2 cm³/mol. The number of benzene rings is 1. The lowest BCUT2D eigenvalue weighted by atomic mass is 10.2. The van der Waals surface area contributed by atoms with Crippen LogP contribution in [0.2, 0.25) is 0 Å². The smallest absolute Gasteiger partial charge is 0.207 e. The van der Waals surface area contributed by atoms with Gasteiger partial charge in [-0.1, -0.05) is 23.8 Å². The molecule has 0 bridgehead atoms. The van der Waals surface area contributed by atoms with Gasteiger partial charge in [0.05, 0.1) is 10.9 Å². The van der Waals surface area contributed by atoms with E-state index >= 15 is 0 Å². The Hall–Kier alpha value is -1.17. The minimum atomic E-state index is -3.45. The quantitative estimate of drug-likeness (QED) is 0.936. The average molecular weight is 281 g/mol. The first-order valence-electron chi connectivity index (χ1n) is 5.61. The standard InChI is InChI=1S/C13H15NO2S2/c1-10-5-7-12(8-6-10)18(15,16)14-11(2)13-4-3-9-17-13/h3-9,11,14H,1-2H3/t11-/m1/s1. The van der Waals surface area contributed by atoms with Crippen molar-refractivity contribution in [3.63, 3.8) is 0 Å². The van der Waals surface area contributed by atoms with E-state index in [4.69, 9.17) is 0 Å². The Morgan fingerprint density at radius 2 is 1.83 bits per heavy atom. The van der Waals surface area contributed by atoms with Gasteiger partial charge in [-0.15, -0.1) is 11.3 Å². The van der Waals surface area contributed by atoms with Gasteiger partial charge >= 0.3 is 0 Å². The molecule has 0 saturated heterocycles. The summed E-state index contributed by atoms with van der Waals surface area (Å²) in [4.78, 5) is 1.31. The minimum Gasteiger partial charge on any atom is -0.207 e. The first-order chi connectivity index (χ1) is 8.49. The molecule has 0 aliphatic rings. The van der Waals surface area contributed by atoms with Gasteiger partial charge in [-0.3, -0.25) is 0 Å². The second-order valence-electron chi connectivity index (χ2n) is 4.17. The zero-order valence-electron chi connectivity index (χ0n) is 10.3. The van der Waals surface area contributed by atoms with Gasteiger partial charge in [0.15, 0.2) is 0 Å². The number of thiophene rings is 1. The van der Waals surface area contributed by atoms with Crippen LogP contribution in [-0.2, 0) is 10.0 Å². The maximum atomic E-state index is 12.1. The number of nitrogens with one attached hydrogen (secondary N) is 1. The molecule has 1 atom stereocenters. The number of rotatable bonds is 4. The SMILES string of the molecule is Cc1ccc(S(=O)(=O)N[C@H](C)c2cccs2)cc1. The Bertz CT molecular complexity index is 601. The topological polar surface area (TPSA) is 46.2 Å². The molecule has 0 spiro atoms. The van der Waals surface area contributed by atoms with Crippen molar-refractivity contribution in [2.45, 2.75) is 24.8 Å². The fourth-order valence-electron chi connectivity index (χ4n) is 1.61. The third-order valence-electron chi connectivity index (χ3n) is 2.63. The first-order valence-corrected chi connectivity index (χ1v) is 7.98. The maximum Gasteiger partial charge on any atom is 0.241 e. The van der Waals surface area contributed by atoms with E-state index in [1.54, 1.807) is 35.6 Å². The Morgan fingerprint density at radius 3 is 2.39 bits per heavy atom. The van der Waals surface area contributed by atoms with Crippen molar-refractivity contribution in [1.29, 1.82) is 0 Å². The van der Waals surface area contributed by atoms with Gasteiger partial charge in [-0.05, 0) is 37.4 Å². The lowest BCUT2D eigenvalue weighted by Gasteiger charge is -2.12. The van der Waals surface area contributed by atoms with Crippen LogP contribution in [0.25, 0.3) is 0 Å². The molecule has 0 saturated carbocycles. The molecular weight excluding hydrogens is 266 g/mol. The normalized spacial score (nSPS) is 13.4. The van der Waals surface area contributed by atoms with Crippen molar-refractivity contribution in [2.75, 3.05) is 0 Å². The van der Waals surface area contributed by atoms with Crippen molar-refractivity contribution >= 4 is 21.4 Å². The highest BCUT2D eigenvalue weighted by Gasteiger charge is 2.18. The highest BCUT2D eigenvalue weighted by atomic mass is 32.2. The van der Waals surface area contributed by atoms with Crippen molar-refractivity contribution in [1.82, 2.24) is 4.72 Å². The second-order valence-corrected chi connectivity index (χ2v) is 6.86. The lowest BCUT2D eigenvalue weighted by Crippen LogP contribution is -2.26. The van der Waals surface area contributed by atoms with E-state index in [0.29, 0.717) is 4.90 Å². The van der Waals surface area contributed by atoms with E-state index in [0.717, 1.165) is 10.4 Å². The van der Waals surface area contributed by atoms with Gasteiger partial charge in [-0.2, -0.15) is 0 Å². The molecule has 0 radical (unpaired) electrons. The number of aryl methyl sites for hydroxylation is 1. The summed E-state index contributed by atoms with van der Waals surface area (Å²) in [6, 6.07) is 10.5. The number of hydrogen-bond acceptors (Lipinski definition) is 3. The van der Waals surface area contributed by atoms with E-state index in [1.165, 1.54) is 0 Å². The third kappa shape index (κ3) is 2.98. The highest BCUT2D eigenvalue weighted by Crippen LogP contribution is 2.21. The molecule has 0 aliphatic heterocycles. The summed E-state index contributed by atoms with van der Waals surface area (Å²) in [6.45, 7) is 3.77. The van der Waals surface area contributed by atoms with Crippen LogP contribution < -0.4 is 4.72 Å². The fraction of sp³-hybridized carbons (Fsp3) is 0.231. The van der Waals surface area contributed by atoms with E-state index < -0.39 is 10.0 Å². The highest BCUT2D eigenvalue weighted by molar-refractivity contribution is 7.89. The molecule has 0 unspecified atom stereocenters. The van der Waals surface area contributed by atoms with Gasteiger partial charge in [-0.25, -0.2) is 13.1 Å². The Balaban J connectivity index is 2.20. The van der Waals surface area contributed by atoms with Crippen LogP contribution in [0.5, 0.6) is 0 Å². The van der Waals surface area contributed by atoms with Crippen molar-refractivity contribution in [3.05, 3.63) is 52.2 Å². The molecule has 18 heavy (non-hydrogen) atoms. The fourth-order valence-corrected chi connectivity index (χ4v) is 3.65. The van der Waals surface area contributed by atoms with E-state index in [9.17, 15) is 8.42 Å². The Labute approximate surface area is 112 Å². The predicted octanol–water partition coefficient (Wildman–Crippen LogP) is 3.10. The second kappa shape index (κ2) is 5.22. The molecule has 1 N–H and O–H groups in total. The molecular formula is C13H15NO2S2. The van der Waals surface area contributed by atoms with E-state index in [-0.39, 0.29) is 6.04 Å². The summed E-state index contributed by atoms with van der Waals surface area (Å²) in [5, 5.41) is 1.94. The summed E-state index contributed by atoms with van der Waals surface area (Å²) in [5.74, 6) is 0. The summed E-state index contributed by atoms with van der Waals surface area (Å²) in [6.07, 6.45) is 0. The van der Waals surface area contributed by atoms with Crippen molar-refractivity contribution in [2.24, 2.45) is 0 Å². The van der Waals surface area contributed by atoms with E-state index in [2.05, 4.69) is 4.72 Å². The largest absolute Gasteiger partial charge is 0.241 e. The van der Waals surface area contributed by atoms with Crippen LogP contribution in [0.4, 0.5) is 0 Å². The van der Waals surface area contributed by atoms with Gasteiger partial charge in [0.25, 0.3) is 0 Å². The number of sulfonamides is 1. The van der Waals surface area contributed by atoms with Crippen LogP contribution in [0, 0.1) is 6.92 Å². The Kier molecular flexibility index (Phi) is 3.85. The maximum absolute atomic E-state index is 12.1. The average Bonchev–Trinajstić information content (AvgIpc) is 2.82. The molecule has 0 aliphatic carbocycles. The summed E-state index contributed by atoms with van der Waals surface area (Å²) >= 11 is 1.54. The molecule has 1 aromatic heterocycles. The lowest BCUT2D eigenvalue weighted by molar-refractivity contribution is 0.568. The molecule has 0 amide bonds.